The van der Waals surface area contributed by atoms with Gasteiger partial charge in [0.2, 0.25) is 0 Å². The quantitative estimate of drug-likeness (QED) is 0.142. The predicted molar refractivity (Wildman–Crippen MR) is 170 cm³/mol. The van der Waals surface area contributed by atoms with Crippen molar-refractivity contribution >= 4 is 40.9 Å². The van der Waals surface area contributed by atoms with Gasteiger partial charge in [-0.2, -0.15) is 0 Å². The summed E-state index contributed by atoms with van der Waals surface area (Å²) >= 11 is 0. The molecule has 1 N–H and O–H groups in total. The lowest BCUT2D eigenvalue weighted by Crippen LogP contribution is -2.66. The van der Waals surface area contributed by atoms with Crippen LogP contribution in [0.3, 0.4) is 0 Å². The van der Waals surface area contributed by atoms with Crippen molar-refractivity contribution in [3.05, 3.63) is 143 Å². The number of aryl methyl sites for hydroxylation is 3. The second-order valence-electron chi connectivity index (χ2n) is 10.2. The summed E-state index contributed by atoms with van der Waals surface area (Å²) in [7, 11) is -2.73. The maximum atomic E-state index is 5.67. The van der Waals surface area contributed by atoms with Crippen molar-refractivity contribution in [3.63, 3.8) is 0 Å². The molecule has 5 rings (SSSR count). The molecule has 0 unspecified atom stereocenters. The first-order valence-electron chi connectivity index (χ1n) is 13.4. The van der Waals surface area contributed by atoms with E-state index in [0.717, 1.165) is 28.5 Å². The highest BCUT2D eigenvalue weighted by atomic mass is 28.3. The van der Waals surface area contributed by atoms with Crippen LogP contribution >= 0.6 is 0 Å². The van der Waals surface area contributed by atoms with Gasteiger partial charge in [-0.3, -0.25) is 4.99 Å². The van der Waals surface area contributed by atoms with E-state index in [1.54, 1.807) is 0 Å². The predicted octanol–water partition coefficient (Wildman–Crippen LogP) is 6.56. The lowest BCUT2D eigenvalue weighted by atomic mass is 10.1. The molecule has 39 heavy (non-hydrogen) atoms. The standard InChI is InChI=1S/C35H35N3Si/c1-25-23-26(2)35(27(3)24-25)36-28(4)33-21-22-34(37-33)29(5)38-39(30-15-9-6-10-16-30,31-17-11-7-12-18-31)32-19-13-8-14-20-32/h6-24,37H,1-5H3. The van der Waals surface area contributed by atoms with Gasteiger partial charge >= 0.3 is 0 Å². The summed E-state index contributed by atoms with van der Waals surface area (Å²) < 4.78 is 5.67. The van der Waals surface area contributed by atoms with Crippen molar-refractivity contribution in [2.24, 2.45) is 9.65 Å². The van der Waals surface area contributed by atoms with Crippen molar-refractivity contribution in [1.29, 1.82) is 0 Å². The zero-order chi connectivity index (χ0) is 27.4. The monoisotopic (exact) mass is 525 g/mol. The van der Waals surface area contributed by atoms with Crippen LogP contribution in [0.4, 0.5) is 5.69 Å². The maximum absolute atomic E-state index is 5.67. The van der Waals surface area contributed by atoms with Crippen LogP contribution in [-0.4, -0.2) is 24.6 Å². The van der Waals surface area contributed by atoms with Gasteiger partial charge in [-0.25, -0.2) is 0 Å². The Hall–Kier alpha value is -4.28. The molecule has 1 heterocycles. The minimum absolute atomic E-state index is 0.960. The van der Waals surface area contributed by atoms with E-state index < -0.39 is 8.24 Å². The minimum atomic E-state index is -2.73. The summed E-state index contributed by atoms with van der Waals surface area (Å²) in [6.07, 6.45) is 0. The van der Waals surface area contributed by atoms with Gasteiger partial charge in [0.25, 0.3) is 8.24 Å². The SMILES string of the molecule is CC(=Nc1c(C)cc(C)cc1C)c1ccc(C(C)=N[Si](c2ccccc2)(c2ccccc2)c2ccccc2)[nH]1. The van der Waals surface area contributed by atoms with Crippen LogP contribution in [0.2, 0.25) is 0 Å². The fraction of sp³-hybridized carbons (Fsp3) is 0.143. The highest BCUT2D eigenvalue weighted by molar-refractivity contribution is 7.10. The summed E-state index contributed by atoms with van der Waals surface area (Å²) in [6.45, 7) is 10.6. The first-order chi connectivity index (χ1) is 18.9. The van der Waals surface area contributed by atoms with E-state index >= 15 is 0 Å². The molecule has 0 saturated heterocycles. The van der Waals surface area contributed by atoms with Crippen LogP contribution in [0.1, 0.15) is 41.9 Å². The molecular formula is C35H35N3Si. The molecule has 4 aromatic carbocycles. The number of nitrogens with zero attached hydrogens (tertiary/aromatic N) is 2. The fourth-order valence-corrected chi connectivity index (χ4v) is 9.47. The van der Waals surface area contributed by atoms with Crippen molar-refractivity contribution in [3.8, 4) is 0 Å². The average Bonchev–Trinajstić information content (AvgIpc) is 3.46. The van der Waals surface area contributed by atoms with Crippen LogP contribution in [0.15, 0.2) is 125 Å². The van der Waals surface area contributed by atoms with Gasteiger partial charge in [-0.05, 0) is 73.4 Å². The summed E-state index contributed by atoms with van der Waals surface area (Å²) in [4.78, 5) is 8.63. The number of aromatic amines is 1. The molecule has 0 saturated carbocycles. The van der Waals surface area contributed by atoms with E-state index in [-0.39, 0.29) is 0 Å². The van der Waals surface area contributed by atoms with Gasteiger partial charge in [0.05, 0.1) is 22.8 Å². The van der Waals surface area contributed by atoms with E-state index in [0.29, 0.717) is 0 Å². The number of H-pyrrole nitrogens is 1. The molecule has 194 valence electrons. The Morgan fingerprint density at radius 2 is 0.974 bits per heavy atom. The fourth-order valence-electron chi connectivity index (χ4n) is 5.44. The molecule has 0 radical (unpaired) electrons. The summed E-state index contributed by atoms with van der Waals surface area (Å²) in [6, 6.07) is 40.9. The number of benzene rings is 4. The van der Waals surface area contributed by atoms with Crippen LogP contribution in [0, 0.1) is 20.8 Å². The smallest absolute Gasteiger partial charge is 0.273 e. The number of aromatic nitrogens is 1. The first kappa shape index (κ1) is 26.3. The number of nitrogens with one attached hydrogen (secondary N) is 1. The van der Waals surface area contributed by atoms with Gasteiger partial charge in [0.1, 0.15) is 0 Å². The molecule has 0 spiro atoms. The van der Waals surface area contributed by atoms with E-state index in [1.165, 1.54) is 32.3 Å². The number of hydrogen-bond acceptors (Lipinski definition) is 2. The molecule has 0 aliphatic carbocycles. The lowest BCUT2D eigenvalue weighted by Gasteiger charge is -2.30. The summed E-state index contributed by atoms with van der Waals surface area (Å²) in [5, 5.41) is 3.78. The molecule has 0 bridgehead atoms. The third-order valence-corrected chi connectivity index (χ3v) is 11.5. The van der Waals surface area contributed by atoms with Crippen LogP contribution in [0.25, 0.3) is 0 Å². The lowest BCUT2D eigenvalue weighted by molar-refractivity contribution is 1.27. The number of aliphatic imine (C=N–C) groups is 1. The number of rotatable bonds is 7. The molecule has 4 heteroatoms. The van der Waals surface area contributed by atoms with Crippen LogP contribution in [0.5, 0.6) is 0 Å². The van der Waals surface area contributed by atoms with Gasteiger partial charge in [0.15, 0.2) is 0 Å². The van der Waals surface area contributed by atoms with Crippen molar-refractivity contribution in [1.82, 2.24) is 4.98 Å². The molecule has 0 atom stereocenters. The Kier molecular flexibility index (Phi) is 7.57. The van der Waals surface area contributed by atoms with E-state index in [1.807, 2.05) is 0 Å². The second-order valence-corrected chi connectivity index (χ2v) is 13.6. The van der Waals surface area contributed by atoms with Crippen LogP contribution < -0.4 is 15.6 Å². The Morgan fingerprint density at radius 3 is 1.41 bits per heavy atom. The van der Waals surface area contributed by atoms with E-state index in [9.17, 15) is 0 Å². The highest BCUT2D eigenvalue weighted by Gasteiger charge is 2.40. The van der Waals surface area contributed by atoms with Crippen LogP contribution in [-0.2, 0) is 0 Å². The van der Waals surface area contributed by atoms with Crippen molar-refractivity contribution in [2.45, 2.75) is 34.6 Å². The zero-order valence-electron chi connectivity index (χ0n) is 23.4. The summed E-state index contributed by atoms with van der Waals surface area (Å²) in [5.41, 5.74) is 8.66. The molecule has 0 amide bonds. The molecule has 0 fully saturated rings. The van der Waals surface area contributed by atoms with Gasteiger partial charge < -0.3 is 9.64 Å². The molecule has 0 aliphatic heterocycles. The molecule has 5 aromatic rings. The highest BCUT2D eigenvalue weighted by Crippen LogP contribution is 2.26. The minimum Gasteiger partial charge on any atom is -0.353 e. The largest absolute Gasteiger partial charge is 0.353 e. The molecule has 0 aliphatic rings. The third kappa shape index (κ3) is 5.34. The third-order valence-electron chi connectivity index (χ3n) is 7.29. The van der Waals surface area contributed by atoms with Crippen molar-refractivity contribution in [2.75, 3.05) is 0 Å². The normalized spacial score (nSPS) is 12.5. The van der Waals surface area contributed by atoms with Crippen molar-refractivity contribution < 1.29 is 0 Å². The second kappa shape index (κ2) is 11.2. The Morgan fingerprint density at radius 1 is 0.564 bits per heavy atom. The van der Waals surface area contributed by atoms with Gasteiger partial charge in [-0.15, -0.1) is 0 Å². The van der Waals surface area contributed by atoms with Gasteiger partial charge in [0, 0.05) is 5.71 Å². The topological polar surface area (TPSA) is 40.5 Å². The molecular weight excluding hydrogens is 490 g/mol. The number of hydrogen-bond donors (Lipinski definition) is 1. The Balaban J connectivity index is 1.63. The molecule has 3 nitrogen and oxygen atoms in total. The first-order valence-corrected chi connectivity index (χ1v) is 15.4. The Bertz CT molecular complexity index is 1510. The average molecular weight is 526 g/mol. The van der Waals surface area contributed by atoms with E-state index in [4.69, 9.17) is 9.65 Å². The van der Waals surface area contributed by atoms with E-state index in [2.05, 4.69) is 155 Å². The maximum Gasteiger partial charge on any atom is 0.273 e. The van der Waals surface area contributed by atoms with Gasteiger partial charge in [-0.1, -0.05) is 109 Å². The molecule has 1 aromatic heterocycles. The Labute approximate surface area is 233 Å². The zero-order valence-corrected chi connectivity index (χ0v) is 24.4. The summed E-state index contributed by atoms with van der Waals surface area (Å²) in [5.74, 6) is 0.